The monoisotopic (exact) mass is 258 g/mol. The molecule has 18 heavy (non-hydrogen) atoms. The number of aromatic nitrogens is 2. The maximum absolute atomic E-state index is 9.29. The molecule has 0 spiro atoms. The molecule has 2 aromatic rings. The first-order chi connectivity index (χ1) is 8.74. The normalized spacial score (nSPS) is 13.8. The summed E-state index contributed by atoms with van der Waals surface area (Å²) in [6.07, 6.45) is 4.07. The number of rotatable bonds is 5. The van der Waals surface area contributed by atoms with Gasteiger partial charge in [0.2, 0.25) is 0 Å². The number of aromatic amines is 1. The van der Waals surface area contributed by atoms with Crippen LogP contribution < -0.4 is 5.73 Å². The molecule has 1 unspecified atom stereocenters. The van der Waals surface area contributed by atoms with Gasteiger partial charge in [0.15, 0.2) is 5.16 Å². The second kappa shape index (κ2) is 5.71. The fourth-order valence-corrected chi connectivity index (χ4v) is 2.54. The van der Waals surface area contributed by atoms with Gasteiger partial charge in [-0.3, -0.25) is 0 Å². The number of nitriles is 1. The summed E-state index contributed by atoms with van der Waals surface area (Å²) in [4.78, 5) is 7.13. The van der Waals surface area contributed by atoms with Gasteiger partial charge in [-0.1, -0.05) is 42.1 Å². The van der Waals surface area contributed by atoms with E-state index in [0.29, 0.717) is 6.42 Å². The Morgan fingerprint density at radius 2 is 2.17 bits per heavy atom. The van der Waals surface area contributed by atoms with Crippen molar-refractivity contribution in [3.05, 3.63) is 48.3 Å². The summed E-state index contributed by atoms with van der Waals surface area (Å²) in [5.41, 5.74) is 6.08. The third kappa shape index (κ3) is 2.92. The van der Waals surface area contributed by atoms with Crippen molar-refractivity contribution in [1.29, 1.82) is 5.26 Å². The minimum absolute atomic E-state index is 0.582. The largest absolute Gasteiger partial charge is 0.340 e. The number of imidazole rings is 1. The Labute approximate surface area is 110 Å². The van der Waals surface area contributed by atoms with Crippen LogP contribution in [-0.4, -0.2) is 15.7 Å². The van der Waals surface area contributed by atoms with Crippen LogP contribution >= 0.6 is 11.8 Å². The van der Waals surface area contributed by atoms with Crippen molar-refractivity contribution < 1.29 is 0 Å². The molecular weight excluding hydrogens is 244 g/mol. The fraction of sp³-hybridized carbons (Fsp3) is 0.231. The number of nitrogens with two attached hydrogens (primary N) is 1. The van der Waals surface area contributed by atoms with Gasteiger partial charge in [-0.05, 0) is 12.0 Å². The highest BCUT2D eigenvalue weighted by Crippen LogP contribution is 2.25. The first-order valence-corrected chi connectivity index (χ1v) is 6.61. The van der Waals surface area contributed by atoms with Crippen LogP contribution in [0.15, 0.2) is 47.9 Å². The van der Waals surface area contributed by atoms with Crippen LogP contribution in [-0.2, 0) is 5.54 Å². The summed E-state index contributed by atoms with van der Waals surface area (Å²) in [6, 6.07) is 11.7. The maximum atomic E-state index is 9.29. The molecule has 4 nitrogen and oxygen atoms in total. The second-order valence-electron chi connectivity index (χ2n) is 3.94. The van der Waals surface area contributed by atoms with Gasteiger partial charge < -0.3 is 10.7 Å². The topological polar surface area (TPSA) is 78.5 Å². The molecule has 0 saturated heterocycles. The fourth-order valence-electron chi connectivity index (χ4n) is 1.64. The van der Waals surface area contributed by atoms with E-state index in [1.165, 1.54) is 0 Å². The number of hydrogen-bond acceptors (Lipinski definition) is 4. The minimum atomic E-state index is -0.930. The molecule has 1 aromatic carbocycles. The Hall–Kier alpha value is -1.77. The zero-order chi connectivity index (χ0) is 12.8. The third-order valence-electron chi connectivity index (χ3n) is 2.70. The number of thioether (sulfide) groups is 1. The van der Waals surface area contributed by atoms with Crippen LogP contribution in [0.3, 0.4) is 0 Å². The Morgan fingerprint density at radius 3 is 2.78 bits per heavy atom. The Kier molecular flexibility index (Phi) is 4.03. The molecule has 5 heteroatoms. The summed E-state index contributed by atoms with van der Waals surface area (Å²) in [7, 11) is 0. The van der Waals surface area contributed by atoms with Crippen molar-refractivity contribution in [3.63, 3.8) is 0 Å². The number of benzene rings is 1. The Bertz CT molecular complexity index is 518. The van der Waals surface area contributed by atoms with Crippen molar-refractivity contribution in [2.24, 2.45) is 5.73 Å². The van der Waals surface area contributed by atoms with Gasteiger partial charge in [0.1, 0.15) is 5.54 Å². The Balaban J connectivity index is 1.99. The molecule has 0 fully saturated rings. The molecule has 0 saturated carbocycles. The average molecular weight is 258 g/mol. The molecule has 0 aliphatic carbocycles. The summed E-state index contributed by atoms with van der Waals surface area (Å²) in [6.45, 7) is 0. The average Bonchev–Trinajstić information content (AvgIpc) is 2.93. The van der Waals surface area contributed by atoms with Crippen LogP contribution in [0.1, 0.15) is 12.0 Å². The predicted octanol–water partition coefficient (Wildman–Crippen LogP) is 2.27. The molecule has 0 radical (unpaired) electrons. The highest BCUT2D eigenvalue weighted by atomic mass is 32.2. The van der Waals surface area contributed by atoms with E-state index in [1.807, 2.05) is 30.3 Å². The number of nitrogens with one attached hydrogen (secondary N) is 1. The van der Waals surface area contributed by atoms with Gasteiger partial charge in [-0.15, -0.1) is 0 Å². The molecule has 1 aromatic heterocycles. The SMILES string of the molecule is N#CC(N)(CCSc1ncc[nH]1)c1ccccc1. The lowest BCUT2D eigenvalue weighted by atomic mass is 9.90. The quantitative estimate of drug-likeness (QED) is 0.806. The second-order valence-corrected chi connectivity index (χ2v) is 5.03. The van der Waals surface area contributed by atoms with Crippen LogP contribution in [0.2, 0.25) is 0 Å². The maximum Gasteiger partial charge on any atom is 0.165 e. The van der Waals surface area contributed by atoms with Crippen molar-refractivity contribution in [1.82, 2.24) is 9.97 Å². The first-order valence-electron chi connectivity index (χ1n) is 5.62. The van der Waals surface area contributed by atoms with Gasteiger partial charge in [0.25, 0.3) is 0 Å². The Morgan fingerprint density at radius 1 is 1.39 bits per heavy atom. The standard InChI is InChI=1S/C13H14N4S/c14-10-13(15,11-4-2-1-3-5-11)6-9-18-12-16-7-8-17-12/h1-5,7-8H,6,9,15H2,(H,16,17). The lowest BCUT2D eigenvalue weighted by molar-refractivity contribution is 0.560. The molecule has 1 atom stereocenters. The van der Waals surface area contributed by atoms with E-state index in [4.69, 9.17) is 5.73 Å². The van der Waals surface area contributed by atoms with Crippen molar-refractivity contribution in [2.45, 2.75) is 17.1 Å². The number of H-pyrrole nitrogens is 1. The summed E-state index contributed by atoms with van der Waals surface area (Å²) >= 11 is 1.57. The van der Waals surface area contributed by atoms with E-state index in [-0.39, 0.29) is 0 Å². The van der Waals surface area contributed by atoms with Crippen LogP contribution in [0.5, 0.6) is 0 Å². The van der Waals surface area contributed by atoms with E-state index in [2.05, 4.69) is 16.0 Å². The lowest BCUT2D eigenvalue weighted by Crippen LogP contribution is -2.35. The molecule has 0 bridgehead atoms. The highest BCUT2D eigenvalue weighted by molar-refractivity contribution is 7.99. The van der Waals surface area contributed by atoms with Gasteiger partial charge >= 0.3 is 0 Å². The molecule has 0 amide bonds. The van der Waals surface area contributed by atoms with Crippen LogP contribution in [0.25, 0.3) is 0 Å². The van der Waals surface area contributed by atoms with Crippen molar-refractivity contribution in [2.75, 3.05) is 5.75 Å². The zero-order valence-corrected chi connectivity index (χ0v) is 10.7. The van der Waals surface area contributed by atoms with Crippen molar-refractivity contribution in [3.8, 4) is 6.07 Å². The molecule has 0 aliphatic rings. The van der Waals surface area contributed by atoms with Crippen molar-refractivity contribution >= 4 is 11.8 Å². The molecule has 3 N–H and O–H groups in total. The number of hydrogen-bond donors (Lipinski definition) is 2. The first kappa shape index (κ1) is 12.7. The molecular formula is C13H14N4S. The third-order valence-corrected chi connectivity index (χ3v) is 3.60. The smallest absolute Gasteiger partial charge is 0.165 e. The van der Waals surface area contributed by atoms with Crippen LogP contribution in [0, 0.1) is 11.3 Å². The zero-order valence-electron chi connectivity index (χ0n) is 9.84. The van der Waals surface area contributed by atoms with E-state index in [9.17, 15) is 5.26 Å². The number of nitrogens with zero attached hydrogens (tertiary/aromatic N) is 2. The van der Waals surface area contributed by atoms with Gasteiger partial charge in [-0.25, -0.2) is 4.98 Å². The van der Waals surface area contributed by atoms with Gasteiger partial charge in [0.05, 0.1) is 6.07 Å². The van der Waals surface area contributed by atoms with E-state index >= 15 is 0 Å². The summed E-state index contributed by atoms with van der Waals surface area (Å²) in [5, 5.41) is 10.1. The lowest BCUT2D eigenvalue weighted by Gasteiger charge is -2.21. The van der Waals surface area contributed by atoms with E-state index < -0.39 is 5.54 Å². The highest BCUT2D eigenvalue weighted by Gasteiger charge is 2.26. The molecule has 1 heterocycles. The minimum Gasteiger partial charge on any atom is -0.340 e. The molecule has 2 rings (SSSR count). The predicted molar refractivity (Wildman–Crippen MR) is 71.8 cm³/mol. The summed E-state index contributed by atoms with van der Waals surface area (Å²) in [5.74, 6) is 0.743. The molecule has 0 aliphatic heterocycles. The molecule has 92 valence electrons. The summed E-state index contributed by atoms with van der Waals surface area (Å²) < 4.78 is 0. The van der Waals surface area contributed by atoms with E-state index in [0.717, 1.165) is 16.5 Å². The van der Waals surface area contributed by atoms with E-state index in [1.54, 1.807) is 24.2 Å². The van der Waals surface area contributed by atoms with Crippen LogP contribution in [0.4, 0.5) is 0 Å². The van der Waals surface area contributed by atoms with Gasteiger partial charge in [-0.2, -0.15) is 5.26 Å². The van der Waals surface area contributed by atoms with Gasteiger partial charge in [0, 0.05) is 18.1 Å².